The van der Waals surface area contributed by atoms with Crippen LogP contribution in [-0.4, -0.2) is 110 Å². The predicted octanol–water partition coefficient (Wildman–Crippen LogP) is 2.78. The Morgan fingerprint density at radius 2 is 1.46 bits per heavy atom. The van der Waals surface area contributed by atoms with Gasteiger partial charge in [-0.05, 0) is 48.6 Å². The molecule has 2 aromatic carbocycles. The van der Waals surface area contributed by atoms with Crippen molar-refractivity contribution >= 4 is 53.0 Å². The Labute approximate surface area is 340 Å². The van der Waals surface area contributed by atoms with Crippen molar-refractivity contribution in [3.8, 4) is 5.75 Å². The zero-order valence-electron chi connectivity index (χ0n) is 32.9. The van der Waals surface area contributed by atoms with Crippen LogP contribution in [0.4, 0.5) is 21.0 Å². The average Bonchev–Trinajstić information content (AvgIpc) is 3.52. The van der Waals surface area contributed by atoms with Gasteiger partial charge < -0.3 is 45.4 Å². The first-order valence-corrected chi connectivity index (χ1v) is 18.8. The molecule has 0 aromatic heterocycles. The summed E-state index contributed by atoms with van der Waals surface area (Å²) in [6.07, 6.45) is 1.74. The minimum atomic E-state index is -1.02. The zero-order chi connectivity index (χ0) is 43.2. The Morgan fingerprint density at radius 1 is 0.847 bits per heavy atom. The largest absolute Gasteiger partial charge is 0.514 e. The van der Waals surface area contributed by atoms with Crippen molar-refractivity contribution in [2.45, 2.75) is 52.2 Å². The number of nitrogens with zero attached hydrogens (tertiary/aromatic N) is 2. The molecule has 59 heavy (non-hydrogen) atoms. The van der Waals surface area contributed by atoms with Gasteiger partial charge in [-0.1, -0.05) is 26.0 Å². The summed E-state index contributed by atoms with van der Waals surface area (Å²) in [7, 11) is 0. The summed E-state index contributed by atoms with van der Waals surface area (Å²) in [4.78, 5) is 97.4. The van der Waals surface area contributed by atoms with Crippen molar-refractivity contribution in [3.63, 3.8) is 0 Å². The van der Waals surface area contributed by atoms with Gasteiger partial charge in [0.05, 0.1) is 57.2 Å². The molecular formula is C39H50N6O14. The zero-order valence-corrected chi connectivity index (χ0v) is 32.9. The van der Waals surface area contributed by atoms with Gasteiger partial charge >= 0.3 is 12.2 Å². The molecule has 0 saturated carbocycles. The second-order valence-electron chi connectivity index (χ2n) is 13.4. The third kappa shape index (κ3) is 17.8. The van der Waals surface area contributed by atoms with E-state index in [0.717, 1.165) is 4.90 Å². The summed E-state index contributed by atoms with van der Waals surface area (Å²) in [6, 6.07) is 9.66. The lowest BCUT2D eigenvalue weighted by atomic mass is 9.89. The summed E-state index contributed by atoms with van der Waals surface area (Å²) in [6.45, 7) is 4.94. The number of nitrogens with two attached hydrogens (primary N) is 1. The van der Waals surface area contributed by atoms with Gasteiger partial charge in [-0.25, -0.2) is 9.59 Å². The second kappa shape index (κ2) is 25.2. The molecule has 1 aliphatic rings. The average molecular weight is 827 g/mol. The number of hydrogen-bond acceptors (Lipinski definition) is 14. The van der Waals surface area contributed by atoms with Crippen molar-refractivity contribution in [2.24, 2.45) is 17.6 Å². The molecule has 0 spiro atoms. The first-order chi connectivity index (χ1) is 28.2. The highest BCUT2D eigenvalue weighted by atomic mass is 16.7. The number of anilines is 1. The molecule has 20 nitrogen and oxygen atoms in total. The van der Waals surface area contributed by atoms with Crippen LogP contribution >= 0.6 is 0 Å². The topological polar surface area (TPSA) is 274 Å². The van der Waals surface area contributed by atoms with E-state index in [1.165, 1.54) is 36.4 Å². The van der Waals surface area contributed by atoms with E-state index in [2.05, 4.69) is 16.0 Å². The fraction of sp³-hybridized carbons (Fsp3) is 0.462. The van der Waals surface area contributed by atoms with Gasteiger partial charge in [0.1, 0.15) is 12.4 Å². The van der Waals surface area contributed by atoms with Gasteiger partial charge in [-0.3, -0.25) is 39.0 Å². The Hall–Kier alpha value is -6.25. The van der Waals surface area contributed by atoms with Crippen LogP contribution in [0.3, 0.4) is 0 Å². The van der Waals surface area contributed by atoms with Crippen molar-refractivity contribution < 1.29 is 62.2 Å². The van der Waals surface area contributed by atoms with Gasteiger partial charge in [0.15, 0.2) is 5.78 Å². The number of hydrogen-bond donors (Lipinski definition) is 4. The lowest BCUT2D eigenvalue weighted by Crippen LogP contribution is -2.45. The van der Waals surface area contributed by atoms with Crippen LogP contribution in [0.15, 0.2) is 60.7 Å². The number of nitro benzene ring substituents is 1. The minimum Gasteiger partial charge on any atom is -0.429 e. The highest BCUT2D eigenvalue weighted by Crippen LogP contribution is 2.21. The van der Waals surface area contributed by atoms with E-state index in [9.17, 15) is 43.7 Å². The van der Waals surface area contributed by atoms with Gasteiger partial charge in [0.2, 0.25) is 11.8 Å². The summed E-state index contributed by atoms with van der Waals surface area (Å²) >= 11 is 0. The molecule has 3 rings (SSSR count). The monoisotopic (exact) mass is 826 g/mol. The number of primary amides is 1. The van der Waals surface area contributed by atoms with Crippen LogP contribution in [0.25, 0.3) is 0 Å². The maximum Gasteiger partial charge on any atom is 0.514 e. The van der Waals surface area contributed by atoms with E-state index in [-0.39, 0.29) is 114 Å². The number of carbonyl (C=O) groups is 7. The van der Waals surface area contributed by atoms with Crippen molar-refractivity contribution in [1.82, 2.24) is 15.5 Å². The molecule has 5 N–H and O–H groups in total. The van der Waals surface area contributed by atoms with Gasteiger partial charge in [0.25, 0.3) is 17.5 Å². The lowest BCUT2D eigenvalue weighted by molar-refractivity contribution is -0.384. The van der Waals surface area contributed by atoms with Crippen molar-refractivity contribution in [3.05, 3.63) is 76.4 Å². The maximum atomic E-state index is 13.5. The molecule has 2 aromatic rings. The quantitative estimate of drug-likeness (QED) is 0.0252. The van der Waals surface area contributed by atoms with E-state index in [1.807, 2.05) is 0 Å². The fourth-order valence-electron chi connectivity index (χ4n) is 5.47. The summed E-state index contributed by atoms with van der Waals surface area (Å²) in [5.74, 6) is -3.02. The lowest BCUT2D eigenvalue weighted by Gasteiger charge is -2.24. The number of imide groups is 1. The molecule has 0 fully saturated rings. The molecule has 0 unspecified atom stereocenters. The van der Waals surface area contributed by atoms with Crippen LogP contribution in [0, 0.1) is 22.0 Å². The maximum absolute atomic E-state index is 13.5. The number of carbonyl (C=O) groups excluding carboxylic acids is 7. The molecule has 6 amide bonds. The molecular weight excluding hydrogens is 776 g/mol. The first-order valence-electron chi connectivity index (χ1n) is 18.8. The van der Waals surface area contributed by atoms with Crippen molar-refractivity contribution in [2.75, 3.05) is 58.0 Å². The Kier molecular flexibility index (Phi) is 20.1. The number of ketones is 1. The SMILES string of the molecule is CC(C)[C@H](NC(=O)CCOCCOCCOCCN1C(=O)C=CC1=O)C(=O)C[C@@H](CCCNC(N)=O)C(=O)Nc1ccc(COC(=O)Oc2ccc([N+](=O)[O-])cc2)cc1. The Morgan fingerprint density at radius 3 is 2.05 bits per heavy atom. The molecule has 1 heterocycles. The smallest absolute Gasteiger partial charge is 0.429 e. The molecule has 2 atom stereocenters. The van der Waals surface area contributed by atoms with Gasteiger partial charge in [-0.2, -0.15) is 0 Å². The first kappa shape index (κ1) is 47.1. The van der Waals surface area contributed by atoms with Crippen LogP contribution in [-0.2, 0) is 49.5 Å². The fourth-order valence-corrected chi connectivity index (χ4v) is 5.47. The number of nitrogens with one attached hydrogen (secondary N) is 3. The normalized spacial score (nSPS) is 13.2. The third-order valence-electron chi connectivity index (χ3n) is 8.58. The number of Topliss-reactive ketones (excluding diaryl/α,β-unsaturated/α-hetero) is 1. The standard InChI is InChI=1S/C39H50N6O14/c1-26(2)36(43-33(47)15-18-55-20-22-57-23-21-56-19-17-44-34(48)13-14-35(44)49)32(46)24-28(4-3-16-41-38(40)51)37(50)42-29-7-5-27(6-8-29)25-58-39(52)59-31-11-9-30(10-12-31)45(53)54/h5-14,26,28,36H,3-4,15-25H2,1-2H3,(H,42,50)(H,43,47)(H3,40,41,51)/t28-,36+/m1/s1. The number of non-ortho nitro benzene ring substituents is 1. The van der Waals surface area contributed by atoms with Crippen molar-refractivity contribution in [1.29, 1.82) is 0 Å². The molecule has 1 aliphatic heterocycles. The number of urea groups is 1. The molecule has 0 bridgehead atoms. The summed E-state index contributed by atoms with van der Waals surface area (Å²) in [5, 5.41) is 18.8. The van der Waals surface area contributed by atoms with E-state index < -0.39 is 40.9 Å². The molecule has 0 saturated heterocycles. The minimum absolute atomic E-state index is 0.0207. The molecule has 20 heteroatoms. The van der Waals surface area contributed by atoms with E-state index in [4.69, 9.17) is 29.4 Å². The third-order valence-corrected chi connectivity index (χ3v) is 8.58. The molecule has 0 radical (unpaired) electrons. The number of rotatable bonds is 27. The predicted molar refractivity (Wildman–Crippen MR) is 209 cm³/mol. The number of nitro groups is 1. The highest BCUT2D eigenvalue weighted by Gasteiger charge is 2.29. The van der Waals surface area contributed by atoms with Gasteiger partial charge in [0, 0.05) is 55.3 Å². The number of ether oxygens (including phenoxy) is 5. The Bertz CT molecular complexity index is 1770. The Balaban J connectivity index is 1.41. The second-order valence-corrected chi connectivity index (χ2v) is 13.4. The van der Waals surface area contributed by atoms with E-state index in [1.54, 1.807) is 38.1 Å². The van der Waals surface area contributed by atoms with Crippen LogP contribution in [0.5, 0.6) is 5.75 Å². The summed E-state index contributed by atoms with van der Waals surface area (Å²) in [5.41, 5.74) is 5.96. The molecule has 0 aliphatic carbocycles. The molecule has 320 valence electrons. The highest BCUT2D eigenvalue weighted by molar-refractivity contribution is 6.12. The van der Waals surface area contributed by atoms with Crippen LogP contribution in [0.2, 0.25) is 0 Å². The van der Waals surface area contributed by atoms with Crippen LogP contribution < -0.4 is 26.4 Å². The van der Waals surface area contributed by atoms with Crippen LogP contribution in [0.1, 0.15) is 45.1 Å². The number of amides is 6. The number of benzene rings is 2. The summed E-state index contributed by atoms with van der Waals surface area (Å²) < 4.78 is 26.4. The van der Waals surface area contributed by atoms with E-state index in [0.29, 0.717) is 17.7 Å². The van der Waals surface area contributed by atoms with E-state index >= 15 is 0 Å². The van der Waals surface area contributed by atoms with Gasteiger partial charge in [-0.15, -0.1) is 0 Å².